The number of aryl methyl sites for hydroxylation is 2. The van der Waals surface area contributed by atoms with Gasteiger partial charge in [0.25, 0.3) is 0 Å². The van der Waals surface area contributed by atoms with Gasteiger partial charge in [-0.2, -0.15) is 0 Å². The fraction of sp³-hybridized carbons (Fsp3) is 0.490. The Bertz CT molecular complexity index is 1890. The van der Waals surface area contributed by atoms with E-state index in [4.69, 9.17) is 10.5 Å². The molecule has 0 radical (unpaired) electrons. The monoisotopic (exact) mass is 765 g/mol. The SMILES string of the molecule is C#C.C=CC(=C)Oc1c(C(C)(C)C)cc(C)c(CN2C(=O)N(Cc3c(C)cc(C(C)(C)C)c(N)c3C)C(=C)N(CC/C(C)=C\C(=C/CC)C(C)(C)C)C2O)c1C. The van der Waals surface area contributed by atoms with Crippen LogP contribution in [0.15, 0.2) is 72.8 Å². The summed E-state index contributed by atoms with van der Waals surface area (Å²) in [7, 11) is 0. The van der Waals surface area contributed by atoms with Gasteiger partial charge in [-0.3, -0.25) is 9.80 Å². The van der Waals surface area contributed by atoms with Gasteiger partial charge in [-0.05, 0) is 114 Å². The Balaban J connectivity index is 0.00000532. The molecule has 56 heavy (non-hydrogen) atoms. The van der Waals surface area contributed by atoms with Crippen LogP contribution in [0.2, 0.25) is 0 Å². The van der Waals surface area contributed by atoms with Crippen LogP contribution in [0, 0.1) is 46.0 Å². The van der Waals surface area contributed by atoms with Crippen LogP contribution in [0.3, 0.4) is 0 Å². The molecule has 1 heterocycles. The van der Waals surface area contributed by atoms with Crippen LogP contribution in [0.4, 0.5) is 10.5 Å². The first kappa shape index (κ1) is 47.5. The second-order valence-corrected chi connectivity index (χ2v) is 18.2. The van der Waals surface area contributed by atoms with E-state index in [1.165, 1.54) is 11.1 Å². The maximum atomic E-state index is 14.8. The summed E-state index contributed by atoms with van der Waals surface area (Å²) in [6, 6.07) is 3.94. The van der Waals surface area contributed by atoms with Gasteiger partial charge >= 0.3 is 6.03 Å². The average molecular weight is 765 g/mol. The number of nitrogen functional groups attached to an aromatic ring is 1. The number of hydrogen-bond donors (Lipinski definition) is 2. The number of carbonyl (C=O) groups is 1. The quantitative estimate of drug-likeness (QED) is 0.0973. The molecule has 3 N–H and O–H groups in total. The molecule has 7 heteroatoms. The predicted octanol–water partition coefficient (Wildman–Crippen LogP) is 11.6. The van der Waals surface area contributed by atoms with Crippen molar-refractivity contribution in [3.05, 3.63) is 117 Å². The molecule has 0 saturated carbocycles. The molecule has 1 aliphatic rings. The van der Waals surface area contributed by atoms with Crippen LogP contribution in [0.1, 0.15) is 134 Å². The summed E-state index contributed by atoms with van der Waals surface area (Å²) < 4.78 is 6.30. The Morgan fingerprint density at radius 2 is 1.43 bits per heavy atom. The summed E-state index contributed by atoms with van der Waals surface area (Å²) in [5.41, 5.74) is 17.5. The number of aliphatic hydroxyl groups excluding tert-OH is 1. The Kier molecular flexibility index (Phi) is 15.7. The first-order chi connectivity index (χ1) is 25.8. The molecule has 1 unspecified atom stereocenters. The number of benzene rings is 2. The van der Waals surface area contributed by atoms with E-state index in [1.54, 1.807) is 15.9 Å². The van der Waals surface area contributed by atoms with Crippen molar-refractivity contribution in [3.8, 4) is 18.6 Å². The van der Waals surface area contributed by atoms with E-state index in [9.17, 15) is 9.90 Å². The number of carbonyl (C=O) groups excluding carboxylic acids is 1. The molecule has 2 aromatic carbocycles. The first-order valence-corrected chi connectivity index (χ1v) is 19.7. The largest absolute Gasteiger partial charge is 0.457 e. The third-order valence-electron chi connectivity index (χ3n) is 10.7. The number of hydrogen-bond acceptors (Lipinski definition) is 5. The van der Waals surface area contributed by atoms with Crippen molar-refractivity contribution in [1.29, 1.82) is 0 Å². The normalized spacial score (nSPS) is 15.8. The summed E-state index contributed by atoms with van der Waals surface area (Å²) in [6.45, 7) is 45.2. The molecule has 1 saturated heterocycles. The number of nitrogens with zero attached hydrogens (tertiary/aromatic N) is 3. The molecule has 2 aromatic rings. The summed E-state index contributed by atoms with van der Waals surface area (Å²) in [5, 5.41) is 12.2. The Morgan fingerprint density at radius 3 is 1.91 bits per heavy atom. The van der Waals surface area contributed by atoms with E-state index >= 15 is 0 Å². The first-order valence-electron chi connectivity index (χ1n) is 19.7. The van der Waals surface area contributed by atoms with Gasteiger partial charge in [0.15, 0.2) is 0 Å². The fourth-order valence-corrected chi connectivity index (χ4v) is 7.15. The Morgan fingerprint density at radius 1 is 0.911 bits per heavy atom. The minimum absolute atomic E-state index is 0.00445. The summed E-state index contributed by atoms with van der Waals surface area (Å²) in [5.74, 6) is 1.59. The van der Waals surface area contributed by atoms with Crippen molar-refractivity contribution >= 4 is 11.7 Å². The maximum absolute atomic E-state index is 14.8. The lowest BCUT2D eigenvalue weighted by atomic mass is 9.82. The van der Waals surface area contributed by atoms with Crippen molar-refractivity contribution in [2.45, 2.75) is 147 Å². The number of amides is 2. The van der Waals surface area contributed by atoms with E-state index in [1.807, 2.05) is 18.7 Å². The molecular weight excluding hydrogens is 693 g/mol. The molecule has 0 aliphatic carbocycles. The lowest BCUT2D eigenvalue weighted by Gasteiger charge is -2.48. The smallest absolute Gasteiger partial charge is 0.329 e. The standard InChI is InChI=1S/C47H70N4O3.C2H2/c1-19-21-36(45(10,11)12)24-29(3)22-23-49-35(9)50(27-37-30(4)25-39(46(13,14)15)41(48)33(37)7)44(53)51(43(49)52)28-38-31(5)26-40(47(16,17)18)42(34(38)8)54-32(6)20-2;1-2/h20-21,24-26,43,52H,2,6,9,19,22-23,27-28,48H2,1,3-5,7-8,10-18H3;1-2H/b29-24-,36-21+;. The van der Waals surface area contributed by atoms with Crippen LogP contribution in [-0.2, 0) is 23.9 Å². The van der Waals surface area contributed by atoms with Gasteiger partial charge in [0, 0.05) is 17.8 Å². The van der Waals surface area contributed by atoms with Crippen molar-refractivity contribution in [1.82, 2.24) is 14.7 Å². The number of terminal acetylenes is 1. The zero-order valence-electron chi connectivity index (χ0n) is 37.5. The van der Waals surface area contributed by atoms with Crippen molar-refractivity contribution < 1.29 is 14.6 Å². The average Bonchev–Trinajstić information content (AvgIpc) is 3.09. The number of urea groups is 1. The van der Waals surface area contributed by atoms with Gasteiger partial charge in [0.2, 0.25) is 6.35 Å². The third-order valence-corrected chi connectivity index (χ3v) is 10.7. The lowest BCUT2D eigenvalue weighted by Crippen LogP contribution is -2.61. The number of rotatable bonds is 12. The molecule has 1 atom stereocenters. The highest BCUT2D eigenvalue weighted by Crippen LogP contribution is 2.41. The molecule has 0 bridgehead atoms. The third kappa shape index (κ3) is 10.8. The van der Waals surface area contributed by atoms with E-state index in [0.717, 1.165) is 56.6 Å². The second kappa shape index (κ2) is 18.5. The van der Waals surface area contributed by atoms with E-state index < -0.39 is 6.35 Å². The lowest BCUT2D eigenvalue weighted by molar-refractivity contribution is -0.113. The van der Waals surface area contributed by atoms with Crippen molar-refractivity contribution in [2.75, 3.05) is 12.3 Å². The molecular formula is C49H72N4O3. The fourth-order valence-electron chi connectivity index (χ4n) is 7.15. The van der Waals surface area contributed by atoms with Crippen LogP contribution >= 0.6 is 0 Å². The van der Waals surface area contributed by atoms with E-state index in [-0.39, 0.29) is 35.4 Å². The highest BCUT2D eigenvalue weighted by atomic mass is 16.5. The minimum atomic E-state index is -1.24. The zero-order chi connectivity index (χ0) is 43.2. The van der Waals surface area contributed by atoms with E-state index in [2.05, 4.69) is 147 Å². The van der Waals surface area contributed by atoms with Crippen molar-refractivity contribution in [3.63, 3.8) is 0 Å². The molecule has 306 valence electrons. The highest BCUT2D eigenvalue weighted by molar-refractivity contribution is 5.78. The van der Waals surface area contributed by atoms with Gasteiger partial charge in [0.1, 0.15) is 17.3 Å². The topological polar surface area (TPSA) is 82.3 Å². The van der Waals surface area contributed by atoms with Crippen LogP contribution < -0.4 is 10.5 Å². The number of nitrogens with two attached hydrogens (primary N) is 1. The predicted molar refractivity (Wildman–Crippen MR) is 238 cm³/mol. The van der Waals surface area contributed by atoms with E-state index in [0.29, 0.717) is 30.3 Å². The molecule has 0 aromatic heterocycles. The zero-order valence-corrected chi connectivity index (χ0v) is 37.5. The number of aliphatic hydroxyl groups is 1. The van der Waals surface area contributed by atoms with Crippen molar-refractivity contribution in [2.24, 2.45) is 5.41 Å². The Labute approximate surface area is 340 Å². The number of allylic oxidation sites excluding steroid dienone is 4. The molecule has 2 amide bonds. The van der Waals surface area contributed by atoms with Gasteiger partial charge in [-0.1, -0.05) is 119 Å². The van der Waals surface area contributed by atoms with Crippen LogP contribution in [-0.4, -0.2) is 38.7 Å². The molecule has 0 spiro atoms. The number of ether oxygens (including phenoxy) is 1. The summed E-state index contributed by atoms with van der Waals surface area (Å²) >= 11 is 0. The van der Waals surface area contributed by atoms with Crippen LogP contribution in [0.5, 0.6) is 5.75 Å². The van der Waals surface area contributed by atoms with Gasteiger partial charge < -0.3 is 20.5 Å². The second-order valence-electron chi connectivity index (χ2n) is 18.2. The van der Waals surface area contributed by atoms with Gasteiger partial charge in [-0.25, -0.2) is 4.79 Å². The molecule has 1 fully saturated rings. The molecule has 7 nitrogen and oxygen atoms in total. The number of anilines is 1. The summed E-state index contributed by atoms with van der Waals surface area (Å²) in [6.07, 6.45) is 14.5. The minimum Gasteiger partial charge on any atom is -0.457 e. The Hall–Kier alpha value is -4.67. The maximum Gasteiger partial charge on any atom is 0.329 e. The highest BCUT2D eigenvalue weighted by Gasteiger charge is 2.41. The van der Waals surface area contributed by atoms with Gasteiger partial charge in [0.05, 0.1) is 13.1 Å². The molecule has 3 rings (SSSR count). The van der Waals surface area contributed by atoms with Gasteiger partial charge in [-0.15, -0.1) is 12.8 Å². The summed E-state index contributed by atoms with van der Waals surface area (Å²) in [4.78, 5) is 19.8. The van der Waals surface area contributed by atoms with Crippen LogP contribution in [0.25, 0.3) is 0 Å². The molecule has 1 aliphatic heterocycles.